The first-order chi connectivity index (χ1) is 8.84. The van der Waals surface area contributed by atoms with Crippen LogP contribution in [-0.2, 0) is 4.79 Å². The molecule has 1 atom stereocenters. The highest BCUT2D eigenvalue weighted by atomic mass is 16.2. The lowest BCUT2D eigenvalue weighted by Gasteiger charge is -2.47. The van der Waals surface area contributed by atoms with E-state index in [4.69, 9.17) is 5.73 Å². The Morgan fingerprint density at radius 3 is 2.37 bits per heavy atom. The van der Waals surface area contributed by atoms with Gasteiger partial charge in [-0.05, 0) is 38.5 Å². The van der Waals surface area contributed by atoms with Gasteiger partial charge in [0, 0.05) is 31.9 Å². The SMILES string of the molecule is CC(c1ccc(N)cc1)N1CCN(C)C(=O)C1(C)C. The summed E-state index contributed by atoms with van der Waals surface area (Å²) in [6.45, 7) is 7.81. The van der Waals surface area contributed by atoms with Crippen molar-refractivity contribution in [2.45, 2.75) is 32.4 Å². The van der Waals surface area contributed by atoms with Crippen LogP contribution in [0.3, 0.4) is 0 Å². The average molecular weight is 261 g/mol. The number of anilines is 1. The number of nitrogen functional groups attached to an aromatic ring is 1. The quantitative estimate of drug-likeness (QED) is 0.827. The van der Waals surface area contributed by atoms with Gasteiger partial charge in [-0.2, -0.15) is 0 Å². The second kappa shape index (κ2) is 4.85. The summed E-state index contributed by atoms with van der Waals surface area (Å²) in [5.74, 6) is 0.182. The molecule has 1 saturated heterocycles. The maximum atomic E-state index is 12.3. The molecule has 0 spiro atoms. The van der Waals surface area contributed by atoms with Crippen LogP contribution in [0.25, 0.3) is 0 Å². The summed E-state index contributed by atoms with van der Waals surface area (Å²) >= 11 is 0. The Bertz CT molecular complexity index is 467. The third-order valence-corrected chi connectivity index (χ3v) is 4.15. The molecule has 0 bridgehead atoms. The van der Waals surface area contributed by atoms with E-state index < -0.39 is 5.54 Å². The Morgan fingerprint density at radius 2 is 1.79 bits per heavy atom. The lowest BCUT2D eigenvalue weighted by molar-refractivity contribution is -0.149. The van der Waals surface area contributed by atoms with Gasteiger partial charge in [0.05, 0.1) is 5.54 Å². The van der Waals surface area contributed by atoms with Gasteiger partial charge in [-0.3, -0.25) is 9.69 Å². The summed E-state index contributed by atoms with van der Waals surface area (Å²) in [7, 11) is 1.87. The number of hydrogen-bond acceptors (Lipinski definition) is 3. The molecular weight excluding hydrogens is 238 g/mol. The molecule has 104 valence electrons. The molecule has 0 saturated carbocycles. The molecule has 0 aliphatic carbocycles. The molecule has 1 aromatic carbocycles. The third kappa shape index (κ3) is 2.45. The first-order valence-electron chi connectivity index (χ1n) is 6.72. The minimum Gasteiger partial charge on any atom is -0.399 e. The van der Waals surface area contributed by atoms with E-state index in [1.165, 1.54) is 5.56 Å². The molecule has 0 aromatic heterocycles. The number of piperazine rings is 1. The Morgan fingerprint density at radius 1 is 1.21 bits per heavy atom. The zero-order chi connectivity index (χ0) is 14.2. The molecule has 1 unspecified atom stereocenters. The van der Waals surface area contributed by atoms with Gasteiger partial charge in [0.1, 0.15) is 0 Å². The summed E-state index contributed by atoms with van der Waals surface area (Å²) in [4.78, 5) is 16.4. The molecule has 1 fully saturated rings. The molecule has 4 nitrogen and oxygen atoms in total. The van der Waals surface area contributed by atoms with Crippen molar-refractivity contribution in [2.24, 2.45) is 0 Å². The highest BCUT2D eigenvalue weighted by Crippen LogP contribution is 2.31. The number of nitrogens with zero attached hydrogens (tertiary/aromatic N) is 2. The van der Waals surface area contributed by atoms with Crippen molar-refractivity contribution in [1.29, 1.82) is 0 Å². The highest BCUT2D eigenvalue weighted by Gasteiger charge is 2.42. The number of carbonyl (C=O) groups is 1. The monoisotopic (exact) mass is 261 g/mol. The van der Waals surface area contributed by atoms with Gasteiger partial charge in [-0.15, -0.1) is 0 Å². The lowest BCUT2D eigenvalue weighted by Crippen LogP contribution is -2.62. The summed E-state index contributed by atoms with van der Waals surface area (Å²) in [6, 6.07) is 8.11. The van der Waals surface area contributed by atoms with Gasteiger partial charge in [-0.1, -0.05) is 12.1 Å². The maximum absolute atomic E-state index is 12.3. The number of benzene rings is 1. The summed E-state index contributed by atoms with van der Waals surface area (Å²) in [5.41, 5.74) is 7.22. The number of rotatable bonds is 2. The second-order valence-electron chi connectivity index (χ2n) is 5.82. The number of likely N-dealkylation sites (N-methyl/N-ethyl adjacent to an activating group) is 1. The Balaban J connectivity index is 2.25. The number of nitrogens with two attached hydrogens (primary N) is 1. The topological polar surface area (TPSA) is 49.6 Å². The smallest absolute Gasteiger partial charge is 0.242 e. The van der Waals surface area contributed by atoms with Crippen molar-refractivity contribution in [3.05, 3.63) is 29.8 Å². The van der Waals surface area contributed by atoms with Crippen molar-refractivity contribution in [2.75, 3.05) is 25.9 Å². The van der Waals surface area contributed by atoms with Crippen LogP contribution in [0, 0.1) is 0 Å². The van der Waals surface area contributed by atoms with Crippen molar-refractivity contribution in [3.8, 4) is 0 Å². The minimum atomic E-state index is -0.464. The molecule has 1 aliphatic rings. The van der Waals surface area contributed by atoms with Gasteiger partial charge in [0.15, 0.2) is 0 Å². The zero-order valence-corrected chi connectivity index (χ0v) is 12.2. The van der Waals surface area contributed by atoms with E-state index in [0.29, 0.717) is 0 Å². The van der Waals surface area contributed by atoms with Crippen molar-refractivity contribution in [1.82, 2.24) is 9.80 Å². The van der Waals surface area contributed by atoms with Crippen LogP contribution in [0.1, 0.15) is 32.4 Å². The normalized spacial score (nSPS) is 21.5. The van der Waals surface area contributed by atoms with E-state index in [1.807, 2.05) is 50.1 Å². The van der Waals surface area contributed by atoms with Crippen molar-refractivity contribution >= 4 is 11.6 Å². The molecule has 2 rings (SSSR count). The standard InChI is InChI=1S/C15H23N3O/c1-11(12-5-7-13(16)8-6-12)18-10-9-17(4)14(19)15(18,2)3/h5-8,11H,9-10,16H2,1-4H3. The molecular formula is C15H23N3O. The third-order valence-electron chi connectivity index (χ3n) is 4.15. The van der Waals surface area contributed by atoms with Crippen molar-refractivity contribution in [3.63, 3.8) is 0 Å². The molecule has 2 N–H and O–H groups in total. The first kappa shape index (κ1) is 13.9. The van der Waals surface area contributed by atoms with E-state index in [1.54, 1.807) is 0 Å². The van der Waals surface area contributed by atoms with Gasteiger partial charge in [0.25, 0.3) is 0 Å². The largest absolute Gasteiger partial charge is 0.399 e. The summed E-state index contributed by atoms with van der Waals surface area (Å²) in [5, 5.41) is 0. The van der Waals surface area contributed by atoms with Crippen LogP contribution >= 0.6 is 0 Å². The summed E-state index contributed by atoms with van der Waals surface area (Å²) in [6.07, 6.45) is 0. The van der Waals surface area contributed by atoms with Crippen molar-refractivity contribution < 1.29 is 4.79 Å². The molecule has 4 heteroatoms. The molecule has 1 heterocycles. The Labute approximate surface area is 115 Å². The second-order valence-corrected chi connectivity index (χ2v) is 5.82. The fraction of sp³-hybridized carbons (Fsp3) is 0.533. The number of carbonyl (C=O) groups excluding carboxylic acids is 1. The molecule has 1 aliphatic heterocycles. The first-order valence-corrected chi connectivity index (χ1v) is 6.72. The number of amides is 1. The lowest BCUT2D eigenvalue weighted by atomic mass is 9.93. The molecule has 1 aromatic rings. The van der Waals surface area contributed by atoms with Crippen LogP contribution < -0.4 is 5.73 Å². The fourth-order valence-corrected chi connectivity index (χ4v) is 2.86. The minimum absolute atomic E-state index is 0.182. The van der Waals surface area contributed by atoms with Crippen LogP contribution in [0.4, 0.5) is 5.69 Å². The number of hydrogen-bond donors (Lipinski definition) is 1. The maximum Gasteiger partial charge on any atom is 0.242 e. The molecule has 19 heavy (non-hydrogen) atoms. The summed E-state index contributed by atoms with van der Waals surface area (Å²) < 4.78 is 0. The van der Waals surface area contributed by atoms with E-state index in [2.05, 4.69) is 11.8 Å². The van der Waals surface area contributed by atoms with Crippen LogP contribution in [-0.4, -0.2) is 41.4 Å². The van der Waals surface area contributed by atoms with Gasteiger partial charge < -0.3 is 10.6 Å². The van der Waals surface area contributed by atoms with E-state index in [9.17, 15) is 4.79 Å². The average Bonchev–Trinajstić information content (AvgIpc) is 2.36. The molecule has 0 radical (unpaired) electrons. The van der Waals surface area contributed by atoms with Crippen LogP contribution in [0.15, 0.2) is 24.3 Å². The Hall–Kier alpha value is -1.55. The van der Waals surface area contributed by atoms with Crippen LogP contribution in [0.5, 0.6) is 0 Å². The predicted octanol–water partition coefficient (Wildman–Crippen LogP) is 1.88. The van der Waals surface area contributed by atoms with E-state index in [-0.39, 0.29) is 11.9 Å². The zero-order valence-electron chi connectivity index (χ0n) is 12.2. The van der Waals surface area contributed by atoms with Crippen LogP contribution in [0.2, 0.25) is 0 Å². The van der Waals surface area contributed by atoms with E-state index >= 15 is 0 Å². The van der Waals surface area contributed by atoms with Gasteiger partial charge in [0.2, 0.25) is 5.91 Å². The van der Waals surface area contributed by atoms with E-state index in [0.717, 1.165) is 18.8 Å². The predicted molar refractivity (Wildman–Crippen MR) is 77.7 cm³/mol. The molecule has 1 amide bonds. The van der Waals surface area contributed by atoms with Gasteiger partial charge in [-0.25, -0.2) is 0 Å². The highest BCUT2D eigenvalue weighted by molar-refractivity contribution is 5.86. The Kier molecular flexibility index (Phi) is 3.54. The van der Waals surface area contributed by atoms with Gasteiger partial charge >= 0.3 is 0 Å². The fourth-order valence-electron chi connectivity index (χ4n) is 2.86.